The average Bonchev–Trinajstić information content (AvgIpc) is 2.97. The summed E-state index contributed by atoms with van der Waals surface area (Å²) in [6.07, 6.45) is 7.35. The van der Waals surface area contributed by atoms with Crippen LogP contribution in [0.3, 0.4) is 0 Å². The number of nitrogens with zero attached hydrogens (tertiary/aromatic N) is 1. The molecule has 1 aliphatic carbocycles. The van der Waals surface area contributed by atoms with Crippen LogP contribution in [-0.2, 0) is 0 Å². The quantitative estimate of drug-likeness (QED) is 0.855. The van der Waals surface area contributed by atoms with Crippen LogP contribution in [-0.4, -0.2) is 44.2 Å². The Morgan fingerprint density at radius 3 is 2.65 bits per heavy atom. The SMILES string of the molecule is CN(C)C1(CNCC2=Cc3cc(Cl)cc(Cl)c3OC2)CCCC1. The highest BCUT2D eigenvalue weighted by Crippen LogP contribution is 2.36. The van der Waals surface area contributed by atoms with E-state index in [1.165, 1.54) is 31.3 Å². The van der Waals surface area contributed by atoms with Crippen LogP contribution in [0.4, 0.5) is 0 Å². The smallest absolute Gasteiger partial charge is 0.145 e. The summed E-state index contributed by atoms with van der Waals surface area (Å²) < 4.78 is 5.81. The van der Waals surface area contributed by atoms with Crippen molar-refractivity contribution in [1.82, 2.24) is 10.2 Å². The Labute approximate surface area is 148 Å². The number of likely N-dealkylation sites (N-methyl/N-ethyl adjacent to an activating group) is 1. The summed E-state index contributed by atoms with van der Waals surface area (Å²) in [5, 5.41) is 4.84. The van der Waals surface area contributed by atoms with Gasteiger partial charge in [0.2, 0.25) is 0 Å². The van der Waals surface area contributed by atoms with Gasteiger partial charge in [-0.1, -0.05) is 36.0 Å². The van der Waals surface area contributed by atoms with E-state index >= 15 is 0 Å². The Balaban J connectivity index is 1.64. The molecule has 3 rings (SSSR count). The molecule has 1 N–H and O–H groups in total. The van der Waals surface area contributed by atoms with E-state index < -0.39 is 0 Å². The molecular weight excluding hydrogens is 331 g/mol. The molecular formula is C18H24Cl2N2O. The minimum atomic E-state index is 0.306. The zero-order chi connectivity index (χ0) is 16.4. The molecule has 1 aromatic carbocycles. The number of fused-ring (bicyclic) bond motifs is 1. The van der Waals surface area contributed by atoms with Crippen LogP contribution in [0.25, 0.3) is 6.08 Å². The van der Waals surface area contributed by atoms with E-state index in [2.05, 4.69) is 30.4 Å². The van der Waals surface area contributed by atoms with Gasteiger partial charge in [-0.15, -0.1) is 0 Å². The number of hydrogen-bond acceptors (Lipinski definition) is 3. The summed E-state index contributed by atoms with van der Waals surface area (Å²) in [6, 6.07) is 3.63. The molecule has 0 saturated heterocycles. The summed E-state index contributed by atoms with van der Waals surface area (Å²) >= 11 is 12.3. The molecule has 0 unspecified atom stereocenters. The standard InChI is InChI=1S/C18H24Cl2N2O/c1-22(2)18(5-3-4-6-18)12-21-10-13-7-14-8-15(19)9-16(20)17(14)23-11-13/h7-9,21H,3-6,10-12H2,1-2H3. The van der Waals surface area contributed by atoms with Crippen molar-refractivity contribution in [2.75, 3.05) is 33.8 Å². The van der Waals surface area contributed by atoms with Crippen LogP contribution < -0.4 is 10.1 Å². The van der Waals surface area contributed by atoms with Gasteiger partial charge in [0, 0.05) is 29.2 Å². The predicted molar refractivity (Wildman–Crippen MR) is 97.7 cm³/mol. The number of hydrogen-bond donors (Lipinski definition) is 1. The number of ether oxygens (including phenoxy) is 1. The second-order valence-electron chi connectivity index (χ2n) is 6.83. The van der Waals surface area contributed by atoms with Crippen molar-refractivity contribution in [3.05, 3.63) is 33.3 Å². The molecule has 2 aliphatic rings. The zero-order valence-electron chi connectivity index (χ0n) is 13.8. The Morgan fingerprint density at radius 2 is 1.96 bits per heavy atom. The largest absolute Gasteiger partial charge is 0.487 e. The molecule has 1 aliphatic heterocycles. The average molecular weight is 355 g/mol. The van der Waals surface area contributed by atoms with Gasteiger partial charge in [0.05, 0.1) is 5.02 Å². The van der Waals surface area contributed by atoms with Crippen molar-refractivity contribution in [2.24, 2.45) is 0 Å². The molecule has 5 heteroatoms. The van der Waals surface area contributed by atoms with Crippen LogP contribution >= 0.6 is 23.2 Å². The zero-order valence-corrected chi connectivity index (χ0v) is 15.3. The van der Waals surface area contributed by atoms with Crippen LogP contribution in [0.1, 0.15) is 31.2 Å². The topological polar surface area (TPSA) is 24.5 Å². The van der Waals surface area contributed by atoms with Crippen LogP contribution in [0.2, 0.25) is 10.0 Å². The monoisotopic (exact) mass is 354 g/mol. The van der Waals surface area contributed by atoms with Gasteiger partial charge in [-0.05, 0) is 50.7 Å². The van der Waals surface area contributed by atoms with Crippen LogP contribution in [0.15, 0.2) is 17.7 Å². The first-order chi connectivity index (χ1) is 11.0. The maximum absolute atomic E-state index is 6.18. The van der Waals surface area contributed by atoms with Gasteiger partial charge in [-0.25, -0.2) is 0 Å². The van der Waals surface area contributed by atoms with Crippen molar-refractivity contribution < 1.29 is 4.74 Å². The molecule has 23 heavy (non-hydrogen) atoms. The Hall–Kier alpha value is -0.740. The maximum Gasteiger partial charge on any atom is 0.145 e. The van der Waals surface area contributed by atoms with Gasteiger partial charge in [-0.3, -0.25) is 0 Å². The fourth-order valence-corrected chi connectivity index (χ4v) is 4.20. The molecule has 1 fully saturated rings. The third-order valence-corrected chi connectivity index (χ3v) is 5.59. The fourth-order valence-electron chi connectivity index (χ4n) is 3.64. The lowest BCUT2D eigenvalue weighted by Gasteiger charge is -2.37. The highest BCUT2D eigenvalue weighted by atomic mass is 35.5. The minimum Gasteiger partial charge on any atom is -0.487 e. The number of rotatable bonds is 5. The lowest BCUT2D eigenvalue weighted by molar-refractivity contribution is 0.155. The summed E-state index contributed by atoms with van der Waals surface area (Å²) in [6.45, 7) is 2.43. The second kappa shape index (κ2) is 7.02. The molecule has 0 bridgehead atoms. The number of nitrogens with one attached hydrogen (secondary N) is 1. The molecule has 0 aromatic heterocycles. The second-order valence-corrected chi connectivity index (χ2v) is 7.67. The van der Waals surface area contributed by atoms with Crippen LogP contribution in [0.5, 0.6) is 5.75 Å². The van der Waals surface area contributed by atoms with E-state index in [1.807, 2.05) is 6.07 Å². The fraction of sp³-hybridized carbons (Fsp3) is 0.556. The minimum absolute atomic E-state index is 0.306. The van der Waals surface area contributed by atoms with Crippen molar-refractivity contribution in [2.45, 2.75) is 31.2 Å². The molecule has 0 radical (unpaired) electrons. The van der Waals surface area contributed by atoms with E-state index in [0.29, 0.717) is 22.2 Å². The van der Waals surface area contributed by atoms with E-state index in [0.717, 1.165) is 24.4 Å². The Morgan fingerprint density at radius 1 is 1.22 bits per heavy atom. The summed E-state index contributed by atoms with van der Waals surface area (Å²) in [5.41, 5.74) is 2.50. The lowest BCUT2D eigenvalue weighted by atomic mass is 9.96. The highest BCUT2D eigenvalue weighted by molar-refractivity contribution is 6.36. The molecule has 0 spiro atoms. The molecule has 1 saturated carbocycles. The van der Waals surface area contributed by atoms with Gasteiger partial charge >= 0.3 is 0 Å². The summed E-state index contributed by atoms with van der Waals surface area (Å²) in [5.74, 6) is 0.736. The van der Waals surface area contributed by atoms with E-state index in [-0.39, 0.29) is 0 Å². The molecule has 3 nitrogen and oxygen atoms in total. The number of halogens is 2. The third-order valence-electron chi connectivity index (χ3n) is 5.09. The Bertz CT molecular complexity index is 607. The number of benzene rings is 1. The van der Waals surface area contributed by atoms with Gasteiger partial charge < -0.3 is 15.0 Å². The van der Waals surface area contributed by atoms with Gasteiger partial charge in [0.25, 0.3) is 0 Å². The highest BCUT2D eigenvalue weighted by Gasteiger charge is 2.35. The normalized spacial score (nSPS) is 19.4. The molecule has 0 amide bonds. The van der Waals surface area contributed by atoms with Gasteiger partial charge in [0.1, 0.15) is 12.4 Å². The predicted octanol–water partition coefficient (Wildman–Crippen LogP) is 4.23. The molecule has 126 valence electrons. The van der Waals surface area contributed by atoms with Gasteiger partial charge in [0.15, 0.2) is 0 Å². The van der Waals surface area contributed by atoms with Gasteiger partial charge in [-0.2, -0.15) is 0 Å². The first-order valence-corrected chi connectivity index (χ1v) is 8.95. The van der Waals surface area contributed by atoms with Crippen molar-refractivity contribution in [1.29, 1.82) is 0 Å². The third kappa shape index (κ3) is 3.69. The van der Waals surface area contributed by atoms with Crippen molar-refractivity contribution >= 4 is 29.3 Å². The molecule has 1 heterocycles. The summed E-state index contributed by atoms with van der Waals surface area (Å²) in [4.78, 5) is 2.38. The van der Waals surface area contributed by atoms with Crippen LogP contribution in [0, 0.1) is 0 Å². The maximum atomic E-state index is 6.18. The molecule has 1 aromatic rings. The van der Waals surface area contributed by atoms with E-state index in [1.54, 1.807) is 6.07 Å². The summed E-state index contributed by atoms with van der Waals surface area (Å²) in [7, 11) is 4.38. The Kier molecular flexibility index (Phi) is 5.22. The molecule has 0 atom stereocenters. The van der Waals surface area contributed by atoms with E-state index in [9.17, 15) is 0 Å². The van der Waals surface area contributed by atoms with Crippen molar-refractivity contribution in [3.8, 4) is 5.75 Å². The van der Waals surface area contributed by atoms with E-state index in [4.69, 9.17) is 27.9 Å². The van der Waals surface area contributed by atoms with Crippen molar-refractivity contribution in [3.63, 3.8) is 0 Å². The first kappa shape index (κ1) is 17.1. The lowest BCUT2D eigenvalue weighted by Crippen LogP contribution is -2.50. The first-order valence-electron chi connectivity index (χ1n) is 8.20.